The van der Waals surface area contributed by atoms with Crippen LogP contribution in [0.5, 0.6) is 0 Å². The number of hydrogen-bond acceptors (Lipinski definition) is 2. The minimum absolute atomic E-state index is 0.0735. The second-order valence-corrected chi connectivity index (χ2v) is 3.15. The van der Waals surface area contributed by atoms with Crippen LogP contribution in [0.3, 0.4) is 0 Å². The molecular formula is C10H12N2O. The van der Waals surface area contributed by atoms with Gasteiger partial charge in [0, 0.05) is 19.3 Å². The van der Waals surface area contributed by atoms with Gasteiger partial charge in [-0.2, -0.15) is 0 Å². The number of fused-ring (bicyclic) bond motifs is 1. The van der Waals surface area contributed by atoms with Crippen LogP contribution in [0.15, 0.2) is 18.3 Å². The summed E-state index contributed by atoms with van der Waals surface area (Å²) in [4.78, 5) is 17.6. The van der Waals surface area contributed by atoms with Crippen molar-refractivity contribution in [1.29, 1.82) is 0 Å². The highest BCUT2D eigenvalue weighted by atomic mass is 16.2. The molecule has 0 saturated carbocycles. The third-order valence-corrected chi connectivity index (χ3v) is 2.41. The van der Waals surface area contributed by atoms with Crippen LogP contribution in [0.2, 0.25) is 0 Å². The standard InChI is InChI=1S/C10H12N2O/c1-2-12-7-5-8-4-3-6-11-9(8)10(12)13/h3-4,6H,2,5,7H2,1H3. The van der Waals surface area contributed by atoms with Gasteiger partial charge in [0.15, 0.2) is 0 Å². The van der Waals surface area contributed by atoms with E-state index in [9.17, 15) is 4.79 Å². The molecule has 0 spiro atoms. The minimum Gasteiger partial charge on any atom is -0.337 e. The van der Waals surface area contributed by atoms with Crippen LogP contribution < -0.4 is 0 Å². The predicted octanol–water partition coefficient (Wildman–Crippen LogP) is 1.10. The Hall–Kier alpha value is -1.38. The first-order valence-corrected chi connectivity index (χ1v) is 4.56. The van der Waals surface area contributed by atoms with Gasteiger partial charge in [0.25, 0.3) is 5.91 Å². The van der Waals surface area contributed by atoms with Crippen LogP contribution >= 0.6 is 0 Å². The molecular weight excluding hydrogens is 164 g/mol. The molecule has 1 aliphatic rings. The van der Waals surface area contributed by atoms with Crippen LogP contribution in [-0.4, -0.2) is 28.9 Å². The molecule has 0 saturated heterocycles. The highest BCUT2D eigenvalue weighted by Crippen LogP contribution is 2.15. The van der Waals surface area contributed by atoms with Gasteiger partial charge in [-0.1, -0.05) is 6.07 Å². The highest BCUT2D eigenvalue weighted by Gasteiger charge is 2.23. The topological polar surface area (TPSA) is 33.2 Å². The van der Waals surface area contributed by atoms with Gasteiger partial charge in [-0.15, -0.1) is 0 Å². The van der Waals surface area contributed by atoms with E-state index in [4.69, 9.17) is 0 Å². The first-order valence-electron chi connectivity index (χ1n) is 4.56. The maximum Gasteiger partial charge on any atom is 0.272 e. The van der Waals surface area contributed by atoms with E-state index in [-0.39, 0.29) is 5.91 Å². The molecule has 3 nitrogen and oxygen atoms in total. The highest BCUT2D eigenvalue weighted by molar-refractivity contribution is 5.94. The van der Waals surface area contributed by atoms with Crippen molar-refractivity contribution in [3.8, 4) is 0 Å². The minimum atomic E-state index is 0.0735. The fourth-order valence-electron chi connectivity index (χ4n) is 1.64. The van der Waals surface area contributed by atoms with Crippen molar-refractivity contribution in [3.05, 3.63) is 29.6 Å². The number of amides is 1. The largest absolute Gasteiger partial charge is 0.337 e. The second-order valence-electron chi connectivity index (χ2n) is 3.15. The molecule has 0 fully saturated rings. The van der Waals surface area contributed by atoms with Crippen LogP contribution in [0.4, 0.5) is 0 Å². The van der Waals surface area contributed by atoms with E-state index >= 15 is 0 Å². The summed E-state index contributed by atoms with van der Waals surface area (Å²) in [5.41, 5.74) is 1.72. The number of rotatable bonds is 1. The monoisotopic (exact) mass is 176 g/mol. The first-order chi connectivity index (χ1) is 6.33. The fraction of sp³-hybridized carbons (Fsp3) is 0.400. The molecule has 0 aromatic carbocycles. The molecule has 0 radical (unpaired) electrons. The molecule has 3 heteroatoms. The maximum absolute atomic E-state index is 11.7. The predicted molar refractivity (Wildman–Crippen MR) is 49.5 cm³/mol. The lowest BCUT2D eigenvalue weighted by Crippen LogP contribution is -2.37. The Morgan fingerprint density at radius 3 is 3.23 bits per heavy atom. The van der Waals surface area contributed by atoms with Crippen molar-refractivity contribution >= 4 is 5.91 Å². The summed E-state index contributed by atoms with van der Waals surface area (Å²) in [5.74, 6) is 0.0735. The lowest BCUT2D eigenvalue weighted by Gasteiger charge is -2.26. The average molecular weight is 176 g/mol. The van der Waals surface area contributed by atoms with Crippen molar-refractivity contribution in [2.75, 3.05) is 13.1 Å². The summed E-state index contributed by atoms with van der Waals surface area (Å²) in [5, 5.41) is 0. The summed E-state index contributed by atoms with van der Waals surface area (Å²) in [7, 11) is 0. The number of carbonyl (C=O) groups is 1. The zero-order valence-electron chi connectivity index (χ0n) is 7.66. The third kappa shape index (κ3) is 1.30. The van der Waals surface area contributed by atoms with Crippen LogP contribution in [-0.2, 0) is 6.42 Å². The van der Waals surface area contributed by atoms with Gasteiger partial charge in [0.05, 0.1) is 0 Å². The van der Waals surface area contributed by atoms with Gasteiger partial charge in [-0.25, -0.2) is 0 Å². The second kappa shape index (κ2) is 3.17. The number of carbonyl (C=O) groups excluding carboxylic acids is 1. The Labute approximate surface area is 77.4 Å². The zero-order valence-corrected chi connectivity index (χ0v) is 7.66. The molecule has 0 N–H and O–H groups in total. The Kier molecular flexibility index (Phi) is 2.00. The van der Waals surface area contributed by atoms with Crippen molar-refractivity contribution < 1.29 is 4.79 Å². The number of hydrogen-bond donors (Lipinski definition) is 0. The summed E-state index contributed by atoms with van der Waals surface area (Å²) >= 11 is 0. The normalized spacial score (nSPS) is 15.8. The smallest absolute Gasteiger partial charge is 0.272 e. The van der Waals surface area contributed by atoms with E-state index in [0.29, 0.717) is 5.69 Å². The van der Waals surface area contributed by atoms with Gasteiger partial charge in [-0.3, -0.25) is 9.78 Å². The quantitative estimate of drug-likeness (QED) is 0.642. The first kappa shape index (κ1) is 8.23. The molecule has 13 heavy (non-hydrogen) atoms. The third-order valence-electron chi connectivity index (χ3n) is 2.41. The lowest BCUT2D eigenvalue weighted by molar-refractivity contribution is 0.0742. The maximum atomic E-state index is 11.7. The van der Waals surface area contributed by atoms with Crippen molar-refractivity contribution in [3.63, 3.8) is 0 Å². The SMILES string of the molecule is CCN1CCc2cccnc2C1=O. The van der Waals surface area contributed by atoms with E-state index in [1.807, 2.05) is 24.0 Å². The van der Waals surface area contributed by atoms with E-state index in [2.05, 4.69) is 4.98 Å². The molecule has 2 heterocycles. The molecule has 68 valence electrons. The molecule has 0 unspecified atom stereocenters. The number of pyridine rings is 1. The van der Waals surface area contributed by atoms with E-state index in [1.165, 1.54) is 0 Å². The van der Waals surface area contributed by atoms with E-state index in [1.54, 1.807) is 6.20 Å². The number of nitrogens with zero attached hydrogens (tertiary/aromatic N) is 2. The zero-order chi connectivity index (χ0) is 9.26. The van der Waals surface area contributed by atoms with Gasteiger partial charge in [-0.05, 0) is 25.0 Å². The van der Waals surface area contributed by atoms with Gasteiger partial charge in [0.2, 0.25) is 0 Å². The van der Waals surface area contributed by atoms with Crippen molar-refractivity contribution in [2.24, 2.45) is 0 Å². The summed E-state index contributed by atoms with van der Waals surface area (Å²) in [6.07, 6.45) is 2.61. The molecule has 1 amide bonds. The Bertz CT molecular complexity index is 335. The summed E-state index contributed by atoms with van der Waals surface area (Å²) < 4.78 is 0. The van der Waals surface area contributed by atoms with E-state index < -0.39 is 0 Å². The average Bonchev–Trinajstić information content (AvgIpc) is 2.19. The Balaban J connectivity index is 2.39. The molecule has 1 aliphatic heterocycles. The molecule has 2 rings (SSSR count). The van der Waals surface area contributed by atoms with Gasteiger partial charge < -0.3 is 4.90 Å². The van der Waals surface area contributed by atoms with Crippen molar-refractivity contribution in [2.45, 2.75) is 13.3 Å². The number of aromatic nitrogens is 1. The molecule has 1 aromatic rings. The molecule has 1 aromatic heterocycles. The van der Waals surface area contributed by atoms with Gasteiger partial charge in [0.1, 0.15) is 5.69 Å². The molecule has 0 bridgehead atoms. The number of likely N-dealkylation sites (N-methyl/N-ethyl adjacent to an activating group) is 1. The lowest BCUT2D eigenvalue weighted by atomic mass is 10.0. The summed E-state index contributed by atoms with van der Waals surface area (Å²) in [6.45, 7) is 3.59. The van der Waals surface area contributed by atoms with Crippen LogP contribution in [0.25, 0.3) is 0 Å². The molecule has 0 aliphatic carbocycles. The Morgan fingerprint density at radius 2 is 2.46 bits per heavy atom. The van der Waals surface area contributed by atoms with Crippen LogP contribution in [0, 0.1) is 0 Å². The fourth-order valence-corrected chi connectivity index (χ4v) is 1.64. The Morgan fingerprint density at radius 1 is 1.62 bits per heavy atom. The van der Waals surface area contributed by atoms with Gasteiger partial charge >= 0.3 is 0 Å². The van der Waals surface area contributed by atoms with Crippen molar-refractivity contribution in [1.82, 2.24) is 9.88 Å². The van der Waals surface area contributed by atoms with E-state index in [0.717, 1.165) is 25.1 Å². The summed E-state index contributed by atoms with van der Waals surface area (Å²) in [6, 6.07) is 3.86. The van der Waals surface area contributed by atoms with Crippen LogP contribution in [0.1, 0.15) is 23.0 Å². The molecule has 0 atom stereocenters.